The molecule has 1 aromatic carbocycles. The largest absolute Gasteiger partial charge is 0.504 e. The summed E-state index contributed by atoms with van der Waals surface area (Å²) in [6.07, 6.45) is 3.42. The third-order valence-electron chi connectivity index (χ3n) is 5.25. The van der Waals surface area contributed by atoms with E-state index in [1.165, 1.54) is 11.8 Å². The SMILES string of the molecule is CC.COc1nc(-c2cc3cn(C)nc3c(F)c2O)nc2ncc(N3CCNCC3)cc12. The summed E-state index contributed by atoms with van der Waals surface area (Å²) in [4.78, 5) is 15.6. The lowest BCUT2D eigenvalue weighted by Crippen LogP contribution is -2.43. The maximum absolute atomic E-state index is 14.7. The fourth-order valence-electron chi connectivity index (χ4n) is 3.75. The second-order valence-corrected chi connectivity index (χ2v) is 7.19. The number of methoxy groups -OCH3 is 1. The second-order valence-electron chi connectivity index (χ2n) is 7.19. The molecule has 5 rings (SSSR count). The maximum atomic E-state index is 14.7. The zero-order valence-corrected chi connectivity index (χ0v) is 18.6. The van der Waals surface area contributed by atoms with E-state index >= 15 is 0 Å². The topological polar surface area (TPSA) is 101 Å². The molecule has 0 amide bonds. The molecule has 4 aromatic rings. The number of pyridine rings is 1. The number of anilines is 1. The molecule has 0 unspecified atom stereocenters. The van der Waals surface area contributed by atoms with Crippen molar-refractivity contribution in [3.8, 4) is 23.0 Å². The summed E-state index contributed by atoms with van der Waals surface area (Å²) >= 11 is 0. The van der Waals surface area contributed by atoms with E-state index in [1.807, 2.05) is 19.9 Å². The molecule has 32 heavy (non-hydrogen) atoms. The zero-order chi connectivity index (χ0) is 22.8. The van der Waals surface area contributed by atoms with E-state index in [9.17, 15) is 9.50 Å². The average molecular weight is 439 g/mol. The highest BCUT2D eigenvalue weighted by Crippen LogP contribution is 2.36. The van der Waals surface area contributed by atoms with Gasteiger partial charge in [0.15, 0.2) is 23.0 Å². The molecule has 3 aromatic heterocycles. The van der Waals surface area contributed by atoms with Crippen molar-refractivity contribution in [2.75, 3.05) is 38.2 Å². The van der Waals surface area contributed by atoms with E-state index < -0.39 is 11.6 Å². The number of piperazine rings is 1. The number of nitrogens with one attached hydrogen (secondary N) is 1. The zero-order valence-electron chi connectivity index (χ0n) is 18.6. The summed E-state index contributed by atoms with van der Waals surface area (Å²) in [6.45, 7) is 7.58. The molecule has 4 heterocycles. The molecule has 0 atom stereocenters. The Labute approximate surface area is 184 Å². The van der Waals surface area contributed by atoms with Crippen LogP contribution in [0.15, 0.2) is 24.5 Å². The van der Waals surface area contributed by atoms with Crippen LogP contribution in [0.1, 0.15) is 13.8 Å². The number of rotatable bonds is 3. The van der Waals surface area contributed by atoms with Crippen molar-refractivity contribution in [2.24, 2.45) is 7.05 Å². The number of ether oxygens (including phenoxy) is 1. The van der Waals surface area contributed by atoms with Gasteiger partial charge in [0.2, 0.25) is 5.88 Å². The molecule has 0 saturated carbocycles. The third-order valence-corrected chi connectivity index (χ3v) is 5.25. The van der Waals surface area contributed by atoms with Crippen LogP contribution in [0.3, 0.4) is 0 Å². The van der Waals surface area contributed by atoms with E-state index in [-0.39, 0.29) is 16.9 Å². The minimum atomic E-state index is -0.812. The Morgan fingerprint density at radius 3 is 2.62 bits per heavy atom. The number of phenols is 1. The number of phenolic OH excluding ortho intramolecular Hbond substituents is 1. The monoisotopic (exact) mass is 439 g/mol. The molecule has 0 spiro atoms. The van der Waals surface area contributed by atoms with Gasteiger partial charge in [0.1, 0.15) is 5.52 Å². The van der Waals surface area contributed by atoms with Crippen molar-refractivity contribution in [2.45, 2.75) is 13.8 Å². The standard InChI is InChI=1S/C20H20FN7O2.C2H6/c1-27-10-11-7-13(17(29)15(21)16(11)26-27)19-24-18-14(20(25-19)30-2)8-12(9-23-18)28-5-3-22-4-6-28;1-2/h7-10,22,29H,3-6H2,1-2H3;1-2H3. The highest BCUT2D eigenvalue weighted by Gasteiger charge is 2.21. The van der Waals surface area contributed by atoms with Crippen LogP contribution in [0.4, 0.5) is 10.1 Å². The van der Waals surface area contributed by atoms with Gasteiger partial charge in [-0.25, -0.2) is 14.4 Å². The number of hydrogen-bond acceptors (Lipinski definition) is 8. The summed E-state index contributed by atoms with van der Waals surface area (Å²) in [7, 11) is 3.19. The molecular weight excluding hydrogens is 413 g/mol. The smallest absolute Gasteiger partial charge is 0.226 e. The number of halogens is 1. The number of hydrogen-bond donors (Lipinski definition) is 2. The van der Waals surface area contributed by atoms with Gasteiger partial charge < -0.3 is 20.1 Å². The number of fused-ring (bicyclic) bond motifs is 2. The highest BCUT2D eigenvalue weighted by atomic mass is 19.1. The lowest BCUT2D eigenvalue weighted by Gasteiger charge is -2.29. The van der Waals surface area contributed by atoms with Gasteiger partial charge >= 0.3 is 0 Å². The normalized spacial score (nSPS) is 13.8. The van der Waals surface area contributed by atoms with Gasteiger partial charge in [-0.15, -0.1) is 0 Å². The van der Waals surface area contributed by atoms with Crippen LogP contribution in [0.2, 0.25) is 0 Å². The van der Waals surface area contributed by atoms with E-state index in [2.05, 4.69) is 30.3 Å². The minimum absolute atomic E-state index is 0.0882. The number of nitrogens with zero attached hydrogens (tertiary/aromatic N) is 6. The van der Waals surface area contributed by atoms with Crippen molar-refractivity contribution in [1.29, 1.82) is 0 Å². The van der Waals surface area contributed by atoms with Gasteiger partial charge in [-0.05, 0) is 12.1 Å². The number of aryl methyl sites for hydroxylation is 1. The van der Waals surface area contributed by atoms with Crippen LogP contribution in [0, 0.1) is 5.82 Å². The van der Waals surface area contributed by atoms with Crippen molar-refractivity contribution < 1.29 is 14.2 Å². The van der Waals surface area contributed by atoms with Gasteiger partial charge in [0, 0.05) is 44.8 Å². The van der Waals surface area contributed by atoms with Gasteiger partial charge in [-0.3, -0.25) is 4.68 Å². The fourth-order valence-corrected chi connectivity index (χ4v) is 3.75. The lowest BCUT2D eigenvalue weighted by atomic mass is 10.1. The first kappa shape index (κ1) is 21.7. The van der Waals surface area contributed by atoms with Gasteiger partial charge in [0.25, 0.3) is 0 Å². The summed E-state index contributed by atoms with van der Waals surface area (Å²) in [5.74, 6) is -0.928. The van der Waals surface area contributed by atoms with Crippen LogP contribution in [-0.4, -0.2) is 63.1 Å². The number of benzene rings is 1. The Morgan fingerprint density at radius 1 is 1.16 bits per heavy atom. The Morgan fingerprint density at radius 2 is 1.91 bits per heavy atom. The molecule has 1 aliphatic heterocycles. The first-order valence-corrected chi connectivity index (χ1v) is 10.6. The van der Waals surface area contributed by atoms with E-state index in [0.29, 0.717) is 22.3 Å². The molecule has 168 valence electrons. The minimum Gasteiger partial charge on any atom is -0.504 e. The first-order valence-electron chi connectivity index (χ1n) is 10.6. The van der Waals surface area contributed by atoms with Crippen molar-refractivity contribution in [3.63, 3.8) is 0 Å². The van der Waals surface area contributed by atoms with Crippen LogP contribution in [0.25, 0.3) is 33.3 Å². The van der Waals surface area contributed by atoms with Crippen LogP contribution in [0.5, 0.6) is 11.6 Å². The van der Waals surface area contributed by atoms with E-state index in [0.717, 1.165) is 31.9 Å². The summed E-state index contributed by atoms with van der Waals surface area (Å²) < 4.78 is 21.6. The Kier molecular flexibility index (Phi) is 6.04. The molecule has 1 aliphatic rings. The molecule has 1 fully saturated rings. The van der Waals surface area contributed by atoms with Gasteiger partial charge in [-0.2, -0.15) is 10.1 Å². The molecule has 10 heteroatoms. The van der Waals surface area contributed by atoms with Crippen LogP contribution >= 0.6 is 0 Å². The quantitative estimate of drug-likeness (QED) is 0.503. The predicted molar refractivity (Wildman–Crippen MR) is 122 cm³/mol. The highest BCUT2D eigenvalue weighted by molar-refractivity contribution is 5.90. The molecule has 0 bridgehead atoms. The summed E-state index contributed by atoms with van der Waals surface area (Å²) in [5, 5.41) is 19.0. The lowest BCUT2D eigenvalue weighted by molar-refractivity contribution is 0.402. The summed E-state index contributed by atoms with van der Waals surface area (Å²) in [6, 6.07) is 3.55. The van der Waals surface area contributed by atoms with E-state index in [1.54, 1.807) is 25.5 Å². The Bertz CT molecular complexity index is 1270. The molecular formula is C22H26FN7O2. The average Bonchev–Trinajstić information content (AvgIpc) is 3.22. The predicted octanol–water partition coefficient (Wildman–Crippen LogP) is 2.87. The summed E-state index contributed by atoms with van der Waals surface area (Å²) in [5.41, 5.74) is 1.61. The fraction of sp³-hybridized carbons (Fsp3) is 0.364. The Hall–Kier alpha value is -3.53. The molecule has 0 aliphatic carbocycles. The first-order chi connectivity index (χ1) is 15.5. The number of aromatic hydroxyl groups is 1. The van der Waals surface area contributed by atoms with Crippen LogP contribution in [-0.2, 0) is 7.05 Å². The molecule has 2 N–H and O–H groups in total. The second kappa shape index (κ2) is 8.91. The molecule has 1 saturated heterocycles. The van der Waals surface area contributed by atoms with E-state index in [4.69, 9.17) is 4.74 Å². The Balaban J connectivity index is 0.00000119. The van der Waals surface area contributed by atoms with Crippen molar-refractivity contribution in [3.05, 3.63) is 30.3 Å². The van der Waals surface area contributed by atoms with Gasteiger partial charge in [0.05, 0.1) is 29.9 Å². The van der Waals surface area contributed by atoms with Gasteiger partial charge in [-0.1, -0.05) is 13.8 Å². The molecule has 0 radical (unpaired) electrons. The molecule has 9 nitrogen and oxygen atoms in total. The maximum Gasteiger partial charge on any atom is 0.226 e. The number of aromatic nitrogens is 5. The van der Waals surface area contributed by atoms with Crippen LogP contribution < -0.4 is 15.0 Å². The third kappa shape index (κ3) is 3.77. The van der Waals surface area contributed by atoms with Crippen molar-refractivity contribution in [1.82, 2.24) is 30.0 Å². The van der Waals surface area contributed by atoms with Crippen molar-refractivity contribution >= 4 is 27.6 Å².